The van der Waals surface area contributed by atoms with Crippen LogP contribution in [0.15, 0.2) is 12.1 Å². The Labute approximate surface area is 121 Å². The van der Waals surface area contributed by atoms with E-state index in [1.165, 1.54) is 6.07 Å². The fourth-order valence-electron chi connectivity index (χ4n) is 2.29. The van der Waals surface area contributed by atoms with E-state index < -0.39 is 6.43 Å². The van der Waals surface area contributed by atoms with Gasteiger partial charge in [-0.2, -0.15) is 5.26 Å². The molecule has 4 nitrogen and oxygen atoms in total. The first-order valence-corrected chi connectivity index (χ1v) is 6.63. The molecule has 0 saturated carbocycles. The number of hydrogen-bond acceptors (Lipinski definition) is 4. The maximum Gasteiger partial charge on any atom is 0.251 e. The van der Waals surface area contributed by atoms with Crippen LogP contribution in [0.1, 0.15) is 5.56 Å². The van der Waals surface area contributed by atoms with Gasteiger partial charge in [-0.1, -0.05) is 11.6 Å². The maximum atomic E-state index is 12.3. The van der Waals surface area contributed by atoms with Crippen LogP contribution in [0.2, 0.25) is 5.02 Å². The molecule has 0 radical (unpaired) electrons. The average molecular weight is 301 g/mol. The van der Waals surface area contributed by atoms with E-state index in [9.17, 15) is 8.78 Å². The fourth-order valence-corrected chi connectivity index (χ4v) is 2.52. The van der Waals surface area contributed by atoms with Crippen LogP contribution in [0.4, 0.5) is 20.2 Å². The van der Waals surface area contributed by atoms with Gasteiger partial charge < -0.3 is 10.6 Å². The number of nitrogen functional groups attached to an aromatic ring is 1. The van der Waals surface area contributed by atoms with Crippen LogP contribution in [-0.4, -0.2) is 44.0 Å². The summed E-state index contributed by atoms with van der Waals surface area (Å²) in [4.78, 5) is 3.69. The first-order chi connectivity index (χ1) is 9.51. The van der Waals surface area contributed by atoms with Crippen molar-refractivity contribution in [2.45, 2.75) is 6.43 Å². The summed E-state index contributed by atoms with van der Waals surface area (Å²) < 4.78 is 24.7. The van der Waals surface area contributed by atoms with Crippen LogP contribution >= 0.6 is 11.6 Å². The molecule has 0 spiro atoms. The predicted octanol–water partition coefficient (Wildman–Crippen LogP) is 2.18. The molecule has 0 amide bonds. The van der Waals surface area contributed by atoms with Gasteiger partial charge in [-0.25, -0.2) is 8.78 Å². The lowest BCUT2D eigenvalue weighted by molar-refractivity contribution is 0.0854. The molecule has 2 N–H and O–H groups in total. The molecule has 1 heterocycles. The smallest absolute Gasteiger partial charge is 0.251 e. The first kappa shape index (κ1) is 14.8. The molecule has 0 atom stereocenters. The van der Waals surface area contributed by atoms with Crippen LogP contribution in [0, 0.1) is 11.3 Å². The summed E-state index contributed by atoms with van der Waals surface area (Å²) in [6, 6.07) is 5.24. The molecule has 7 heteroatoms. The van der Waals surface area contributed by atoms with Gasteiger partial charge in [0.05, 0.1) is 34.6 Å². The topological polar surface area (TPSA) is 56.3 Å². The van der Waals surface area contributed by atoms with Crippen molar-refractivity contribution in [2.75, 3.05) is 43.4 Å². The summed E-state index contributed by atoms with van der Waals surface area (Å²) in [6.07, 6.45) is -2.32. The van der Waals surface area contributed by atoms with Crippen molar-refractivity contribution in [3.05, 3.63) is 22.7 Å². The van der Waals surface area contributed by atoms with Crippen LogP contribution in [-0.2, 0) is 0 Å². The molecule has 20 heavy (non-hydrogen) atoms. The van der Waals surface area contributed by atoms with E-state index in [2.05, 4.69) is 0 Å². The van der Waals surface area contributed by atoms with Gasteiger partial charge in [-0.15, -0.1) is 0 Å². The highest BCUT2D eigenvalue weighted by molar-refractivity contribution is 6.35. The molecule has 0 bridgehead atoms. The predicted molar refractivity (Wildman–Crippen MR) is 75.2 cm³/mol. The fraction of sp³-hybridized carbons (Fsp3) is 0.462. The molecule has 2 rings (SSSR count). The van der Waals surface area contributed by atoms with Crippen molar-refractivity contribution < 1.29 is 8.78 Å². The molecular weight excluding hydrogens is 286 g/mol. The monoisotopic (exact) mass is 300 g/mol. The minimum Gasteiger partial charge on any atom is -0.397 e. The van der Waals surface area contributed by atoms with Crippen LogP contribution in [0.3, 0.4) is 0 Å². The van der Waals surface area contributed by atoms with Gasteiger partial charge in [0.1, 0.15) is 0 Å². The molecule has 1 aromatic carbocycles. The van der Waals surface area contributed by atoms with Crippen LogP contribution in [0.25, 0.3) is 0 Å². The molecule has 1 saturated heterocycles. The number of nitrogens with two attached hydrogens (primary N) is 1. The zero-order valence-electron chi connectivity index (χ0n) is 10.8. The summed E-state index contributed by atoms with van der Waals surface area (Å²) in [5.41, 5.74) is 7.27. The second-order valence-electron chi connectivity index (χ2n) is 4.69. The van der Waals surface area contributed by atoms with Crippen molar-refractivity contribution in [1.29, 1.82) is 5.26 Å². The van der Waals surface area contributed by atoms with E-state index in [1.54, 1.807) is 11.0 Å². The zero-order valence-corrected chi connectivity index (χ0v) is 11.6. The van der Waals surface area contributed by atoms with E-state index >= 15 is 0 Å². The van der Waals surface area contributed by atoms with Crippen LogP contribution in [0.5, 0.6) is 0 Å². The van der Waals surface area contributed by atoms with Gasteiger partial charge in [-0.3, -0.25) is 4.90 Å². The molecule has 0 aromatic heterocycles. The number of piperazine rings is 1. The lowest BCUT2D eigenvalue weighted by atomic mass is 10.1. The highest BCUT2D eigenvalue weighted by atomic mass is 35.5. The molecule has 1 aliphatic heterocycles. The number of alkyl halides is 2. The summed E-state index contributed by atoms with van der Waals surface area (Å²) in [5.74, 6) is 0. The van der Waals surface area contributed by atoms with Crippen molar-refractivity contribution in [1.82, 2.24) is 4.90 Å². The normalized spacial score (nSPS) is 16.4. The van der Waals surface area contributed by atoms with E-state index in [4.69, 9.17) is 22.6 Å². The molecule has 1 aliphatic rings. The number of nitrogens with zero attached hydrogens (tertiary/aromatic N) is 3. The largest absolute Gasteiger partial charge is 0.397 e. The highest BCUT2D eigenvalue weighted by Crippen LogP contribution is 2.33. The number of rotatable bonds is 3. The van der Waals surface area contributed by atoms with Gasteiger partial charge in [0, 0.05) is 26.2 Å². The Hall–Kier alpha value is -1.58. The minimum atomic E-state index is -2.32. The van der Waals surface area contributed by atoms with Crippen molar-refractivity contribution >= 4 is 23.0 Å². The summed E-state index contributed by atoms with van der Waals surface area (Å²) in [5, 5.41) is 9.37. The van der Waals surface area contributed by atoms with Gasteiger partial charge in [0.2, 0.25) is 0 Å². The third kappa shape index (κ3) is 3.30. The Morgan fingerprint density at radius 2 is 1.95 bits per heavy atom. The van der Waals surface area contributed by atoms with E-state index in [0.29, 0.717) is 48.1 Å². The zero-order chi connectivity index (χ0) is 14.7. The number of halogens is 3. The molecule has 108 valence electrons. The molecule has 0 aliphatic carbocycles. The average Bonchev–Trinajstić information content (AvgIpc) is 2.42. The van der Waals surface area contributed by atoms with E-state index in [0.717, 1.165) is 0 Å². The van der Waals surface area contributed by atoms with E-state index in [1.807, 2.05) is 11.0 Å². The molecule has 0 unspecified atom stereocenters. The Kier molecular flexibility index (Phi) is 4.63. The first-order valence-electron chi connectivity index (χ1n) is 6.26. The SMILES string of the molecule is N#Cc1cc(N)c(Cl)c(N2CCN(CC(F)F)CC2)c1. The number of benzene rings is 1. The Morgan fingerprint density at radius 1 is 1.30 bits per heavy atom. The lowest BCUT2D eigenvalue weighted by Crippen LogP contribution is -2.47. The van der Waals surface area contributed by atoms with E-state index in [-0.39, 0.29) is 6.54 Å². The number of hydrogen-bond donors (Lipinski definition) is 1. The van der Waals surface area contributed by atoms with Gasteiger partial charge in [0.15, 0.2) is 0 Å². The molecule has 1 aromatic rings. The second kappa shape index (κ2) is 6.25. The highest BCUT2D eigenvalue weighted by Gasteiger charge is 2.22. The summed E-state index contributed by atoms with van der Waals surface area (Å²) in [7, 11) is 0. The van der Waals surface area contributed by atoms with Crippen molar-refractivity contribution in [3.63, 3.8) is 0 Å². The minimum absolute atomic E-state index is 0.206. The van der Waals surface area contributed by atoms with Gasteiger partial charge in [0.25, 0.3) is 6.43 Å². The summed E-state index contributed by atoms with van der Waals surface area (Å²) in [6.45, 7) is 2.04. The van der Waals surface area contributed by atoms with Gasteiger partial charge >= 0.3 is 0 Å². The third-order valence-electron chi connectivity index (χ3n) is 3.32. The number of nitriles is 1. The lowest BCUT2D eigenvalue weighted by Gasteiger charge is -2.36. The van der Waals surface area contributed by atoms with Crippen LogP contribution < -0.4 is 10.6 Å². The summed E-state index contributed by atoms with van der Waals surface area (Å²) >= 11 is 6.17. The van der Waals surface area contributed by atoms with Crippen molar-refractivity contribution in [3.8, 4) is 6.07 Å². The Bertz CT molecular complexity index is 522. The quantitative estimate of drug-likeness (QED) is 0.869. The Balaban J connectivity index is 2.11. The second-order valence-corrected chi connectivity index (χ2v) is 5.07. The maximum absolute atomic E-state index is 12.3. The molecule has 1 fully saturated rings. The van der Waals surface area contributed by atoms with Gasteiger partial charge in [-0.05, 0) is 12.1 Å². The molecular formula is C13H15ClF2N4. The Morgan fingerprint density at radius 3 is 2.50 bits per heavy atom. The standard InChI is InChI=1S/C13H15ClF2N4/c14-13-10(18)5-9(7-17)6-11(13)20-3-1-19(2-4-20)8-12(15)16/h5-6,12H,1-4,8,18H2. The van der Waals surface area contributed by atoms with Crippen molar-refractivity contribution in [2.24, 2.45) is 0 Å². The number of anilines is 2. The third-order valence-corrected chi connectivity index (χ3v) is 3.73.